The summed E-state index contributed by atoms with van der Waals surface area (Å²) in [7, 11) is 1.39. The zero-order valence-corrected chi connectivity index (χ0v) is 20.9. The first-order valence-electron chi connectivity index (χ1n) is 11.1. The first-order valence-corrected chi connectivity index (χ1v) is 12.2. The molecule has 1 aliphatic carbocycles. The van der Waals surface area contributed by atoms with E-state index in [9.17, 15) is 9.90 Å². The minimum absolute atomic E-state index is 0.0590. The van der Waals surface area contributed by atoms with Gasteiger partial charge >= 0.3 is 5.97 Å². The number of allylic oxidation sites excluding steroid dienone is 5. The van der Waals surface area contributed by atoms with Crippen LogP contribution in [0.5, 0.6) is 0 Å². The van der Waals surface area contributed by atoms with Crippen LogP contribution in [0.1, 0.15) is 66.2 Å². The second kappa shape index (κ2) is 13.5. The lowest BCUT2D eigenvalue weighted by Crippen LogP contribution is -2.37. The average Bonchev–Trinajstić information content (AvgIpc) is 3.51. The van der Waals surface area contributed by atoms with E-state index < -0.39 is 5.41 Å². The molecule has 1 saturated carbocycles. The average molecular weight is 448 g/mol. The molecular weight excluding hydrogens is 406 g/mol. The van der Waals surface area contributed by atoms with E-state index in [-0.39, 0.29) is 17.8 Å². The quantitative estimate of drug-likeness (QED) is 0.128. The number of ether oxygens (including phenoxy) is 1. The van der Waals surface area contributed by atoms with Crippen molar-refractivity contribution in [2.75, 3.05) is 18.6 Å². The summed E-state index contributed by atoms with van der Waals surface area (Å²) in [6.45, 7) is 16.4. The van der Waals surface area contributed by atoms with Crippen molar-refractivity contribution in [1.29, 1.82) is 0 Å². The van der Waals surface area contributed by atoms with Crippen LogP contribution < -0.4 is 5.32 Å². The molecule has 0 heterocycles. The SMILES string of the molecule is C=C(O)C(CSC/C=C(\C)CC/C=C(\C)CCC=C(C)C)NC(=C)C1(C(=O)OC)CC1. The lowest BCUT2D eigenvalue weighted by atomic mass is 10.0. The number of hydrogen-bond donors (Lipinski definition) is 2. The molecule has 1 fully saturated rings. The standard InChI is InChI=1S/C26H41NO3S/c1-19(2)10-8-11-20(3)12-9-13-21(4)14-17-31-18-24(22(5)28)27-23(6)26(15-16-26)25(29)30-7/h10,12,14,24,27-28H,5-6,8-9,11,13,15-18H2,1-4,7H3/b20-12+,21-14+. The number of carbonyl (C=O) groups excluding carboxylic acids is 1. The molecule has 1 atom stereocenters. The monoisotopic (exact) mass is 447 g/mol. The lowest BCUT2D eigenvalue weighted by molar-refractivity contribution is -0.145. The summed E-state index contributed by atoms with van der Waals surface area (Å²) in [4.78, 5) is 12.0. The molecule has 31 heavy (non-hydrogen) atoms. The highest BCUT2D eigenvalue weighted by Crippen LogP contribution is 2.51. The Balaban J connectivity index is 2.38. The topological polar surface area (TPSA) is 58.6 Å². The number of hydrogen-bond acceptors (Lipinski definition) is 5. The van der Waals surface area contributed by atoms with E-state index in [1.807, 2.05) is 0 Å². The summed E-state index contributed by atoms with van der Waals surface area (Å²) in [6.07, 6.45) is 12.7. The van der Waals surface area contributed by atoms with Crippen LogP contribution in [0.2, 0.25) is 0 Å². The van der Waals surface area contributed by atoms with Crippen molar-refractivity contribution in [3.8, 4) is 0 Å². The number of methoxy groups -OCH3 is 1. The van der Waals surface area contributed by atoms with Crippen LogP contribution >= 0.6 is 11.8 Å². The Morgan fingerprint density at radius 3 is 2.19 bits per heavy atom. The Hall–Kier alpha value is -1.88. The number of rotatable bonds is 15. The molecule has 0 radical (unpaired) electrons. The van der Waals surface area contributed by atoms with Crippen LogP contribution in [-0.2, 0) is 9.53 Å². The molecule has 174 valence electrons. The van der Waals surface area contributed by atoms with Crippen LogP contribution in [-0.4, -0.2) is 35.7 Å². The maximum absolute atomic E-state index is 12.0. The van der Waals surface area contributed by atoms with Crippen molar-refractivity contribution in [3.63, 3.8) is 0 Å². The summed E-state index contributed by atoms with van der Waals surface area (Å²) in [5.74, 6) is 1.32. The number of thioether (sulfide) groups is 1. The summed E-state index contributed by atoms with van der Waals surface area (Å²) < 4.78 is 4.90. The summed E-state index contributed by atoms with van der Waals surface area (Å²) >= 11 is 1.72. The van der Waals surface area contributed by atoms with E-state index >= 15 is 0 Å². The third-order valence-corrected chi connectivity index (χ3v) is 6.58. The molecule has 4 nitrogen and oxygen atoms in total. The molecule has 0 aromatic heterocycles. The molecule has 1 unspecified atom stereocenters. The van der Waals surface area contributed by atoms with Gasteiger partial charge in [0.05, 0.1) is 13.2 Å². The van der Waals surface area contributed by atoms with Gasteiger partial charge in [0.1, 0.15) is 11.2 Å². The van der Waals surface area contributed by atoms with Gasteiger partial charge in [-0.3, -0.25) is 4.79 Å². The van der Waals surface area contributed by atoms with Crippen molar-refractivity contribution in [1.82, 2.24) is 5.32 Å². The number of nitrogens with one attached hydrogen (secondary N) is 1. The van der Waals surface area contributed by atoms with E-state index in [1.165, 1.54) is 23.8 Å². The predicted octanol–water partition coefficient (Wildman–Crippen LogP) is 6.64. The predicted molar refractivity (Wildman–Crippen MR) is 134 cm³/mol. The highest BCUT2D eigenvalue weighted by molar-refractivity contribution is 7.99. The van der Waals surface area contributed by atoms with E-state index in [0.29, 0.717) is 11.4 Å². The molecule has 0 amide bonds. The number of aliphatic hydroxyl groups excluding tert-OH is 1. The van der Waals surface area contributed by atoms with Gasteiger partial charge in [-0.15, -0.1) is 0 Å². The molecule has 5 heteroatoms. The van der Waals surface area contributed by atoms with E-state index in [4.69, 9.17) is 4.74 Å². The Kier molecular flexibility index (Phi) is 11.8. The maximum atomic E-state index is 12.0. The van der Waals surface area contributed by atoms with Crippen molar-refractivity contribution in [2.24, 2.45) is 5.41 Å². The first-order chi connectivity index (χ1) is 14.6. The molecule has 2 N–H and O–H groups in total. The highest BCUT2D eigenvalue weighted by Gasteiger charge is 2.54. The fraction of sp³-hybridized carbons (Fsp3) is 0.577. The van der Waals surface area contributed by atoms with Gasteiger partial charge in [-0.2, -0.15) is 11.8 Å². The van der Waals surface area contributed by atoms with Gasteiger partial charge in [0.15, 0.2) is 0 Å². The normalized spacial score (nSPS) is 16.3. The molecule has 1 rings (SSSR count). The van der Waals surface area contributed by atoms with Crippen molar-refractivity contribution in [2.45, 2.75) is 72.3 Å². The van der Waals surface area contributed by atoms with Crippen molar-refractivity contribution >= 4 is 17.7 Å². The first kappa shape index (κ1) is 27.2. The fourth-order valence-corrected chi connectivity index (χ4v) is 4.29. The van der Waals surface area contributed by atoms with E-state index in [1.54, 1.807) is 11.8 Å². The van der Waals surface area contributed by atoms with Crippen LogP contribution in [0, 0.1) is 5.41 Å². The molecule has 0 spiro atoms. The van der Waals surface area contributed by atoms with Gasteiger partial charge in [-0.05, 0) is 66.2 Å². The molecular formula is C26H41NO3S. The Labute approximate surface area is 193 Å². The lowest BCUT2D eigenvalue weighted by Gasteiger charge is -2.24. The summed E-state index contributed by atoms with van der Waals surface area (Å²) in [6, 6.07) is -0.334. The number of carbonyl (C=O) groups is 1. The zero-order valence-electron chi connectivity index (χ0n) is 20.1. The second-order valence-electron chi connectivity index (χ2n) is 8.74. The van der Waals surface area contributed by atoms with Crippen LogP contribution in [0.3, 0.4) is 0 Å². The molecule has 0 saturated heterocycles. The Bertz CT molecular complexity index is 725. The van der Waals surface area contributed by atoms with Crippen molar-refractivity contribution in [3.05, 3.63) is 59.6 Å². The number of aliphatic hydroxyl groups is 1. The highest BCUT2D eigenvalue weighted by atomic mass is 32.2. The molecule has 0 bridgehead atoms. The Morgan fingerprint density at radius 1 is 1.10 bits per heavy atom. The van der Waals surface area contributed by atoms with E-state index in [0.717, 1.165) is 44.3 Å². The van der Waals surface area contributed by atoms with Gasteiger partial charge in [0, 0.05) is 17.2 Å². The molecule has 0 aromatic rings. The molecule has 0 aromatic carbocycles. The minimum Gasteiger partial charge on any atom is -0.511 e. The third-order valence-electron chi connectivity index (χ3n) is 5.61. The third kappa shape index (κ3) is 9.86. The van der Waals surface area contributed by atoms with Gasteiger partial charge in [-0.1, -0.05) is 48.1 Å². The summed E-state index contributed by atoms with van der Waals surface area (Å²) in [5, 5.41) is 13.2. The second-order valence-corrected chi connectivity index (χ2v) is 9.81. The fourth-order valence-electron chi connectivity index (χ4n) is 3.25. The van der Waals surface area contributed by atoms with Crippen LogP contribution in [0.4, 0.5) is 0 Å². The Morgan fingerprint density at radius 2 is 1.68 bits per heavy atom. The van der Waals surface area contributed by atoms with Crippen molar-refractivity contribution < 1.29 is 14.6 Å². The largest absolute Gasteiger partial charge is 0.511 e. The van der Waals surface area contributed by atoms with Gasteiger partial charge in [0.25, 0.3) is 0 Å². The van der Waals surface area contributed by atoms with Gasteiger partial charge in [0.2, 0.25) is 0 Å². The smallest absolute Gasteiger partial charge is 0.317 e. The number of esters is 1. The van der Waals surface area contributed by atoms with Gasteiger partial charge < -0.3 is 15.2 Å². The minimum atomic E-state index is -0.638. The zero-order chi connectivity index (χ0) is 23.4. The van der Waals surface area contributed by atoms with E-state index in [2.05, 4.69) is 64.4 Å². The van der Waals surface area contributed by atoms with Crippen LogP contribution in [0.15, 0.2) is 59.6 Å². The van der Waals surface area contributed by atoms with Gasteiger partial charge in [-0.25, -0.2) is 0 Å². The molecule has 1 aliphatic rings. The van der Waals surface area contributed by atoms with Crippen LogP contribution in [0.25, 0.3) is 0 Å². The molecule has 0 aliphatic heterocycles. The summed E-state index contributed by atoms with van der Waals surface area (Å²) in [5.41, 5.74) is 4.18. The maximum Gasteiger partial charge on any atom is 0.317 e.